The Kier molecular flexibility index (Phi) is 4.24. The molecule has 0 saturated carbocycles. The van der Waals surface area contributed by atoms with Gasteiger partial charge in [-0.1, -0.05) is 29.3 Å². The van der Waals surface area contributed by atoms with Gasteiger partial charge in [-0.15, -0.1) is 0 Å². The Morgan fingerprint density at radius 3 is 2.61 bits per heavy atom. The molecule has 0 amide bonds. The van der Waals surface area contributed by atoms with Crippen LogP contribution in [0.5, 0.6) is 0 Å². The van der Waals surface area contributed by atoms with Gasteiger partial charge in [-0.25, -0.2) is 4.79 Å². The summed E-state index contributed by atoms with van der Waals surface area (Å²) < 4.78 is 4.79. The van der Waals surface area contributed by atoms with Gasteiger partial charge in [0, 0.05) is 22.2 Å². The third-order valence-electron chi connectivity index (χ3n) is 3.70. The molecule has 0 bridgehead atoms. The van der Waals surface area contributed by atoms with Crippen LogP contribution in [0.2, 0.25) is 10.0 Å². The molecule has 5 heteroatoms. The first-order valence-corrected chi connectivity index (χ1v) is 7.70. The van der Waals surface area contributed by atoms with Crippen molar-refractivity contribution in [1.29, 1.82) is 0 Å². The van der Waals surface area contributed by atoms with Crippen molar-refractivity contribution in [3.05, 3.63) is 63.8 Å². The number of esters is 1. The Labute approximate surface area is 143 Å². The molecule has 0 aliphatic carbocycles. The zero-order chi connectivity index (χ0) is 16.6. The number of halogens is 2. The molecule has 0 aliphatic heterocycles. The van der Waals surface area contributed by atoms with Gasteiger partial charge >= 0.3 is 5.97 Å². The number of aryl methyl sites for hydroxylation is 1. The van der Waals surface area contributed by atoms with E-state index in [-0.39, 0.29) is 0 Å². The molecule has 3 aromatic rings. The zero-order valence-electron chi connectivity index (χ0n) is 12.6. The smallest absolute Gasteiger partial charge is 0.337 e. The van der Waals surface area contributed by atoms with Crippen LogP contribution in [-0.2, 0) is 4.74 Å². The first kappa shape index (κ1) is 15.8. The molecule has 0 atom stereocenters. The molecule has 0 spiro atoms. The van der Waals surface area contributed by atoms with Crippen LogP contribution in [0.4, 0.5) is 0 Å². The molecule has 1 heterocycles. The molecule has 3 rings (SSSR count). The summed E-state index contributed by atoms with van der Waals surface area (Å²) in [6.45, 7) is 1.97. The van der Waals surface area contributed by atoms with Gasteiger partial charge in [0.1, 0.15) is 0 Å². The molecule has 23 heavy (non-hydrogen) atoms. The van der Waals surface area contributed by atoms with Crippen molar-refractivity contribution in [3.63, 3.8) is 0 Å². The molecule has 0 aliphatic rings. The van der Waals surface area contributed by atoms with Gasteiger partial charge in [0.2, 0.25) is 0 Å². The summed E-state index contributed by atoms with van der Waals surface area (Å²) in [5.41, 5.74) is 3.99. The van der Waals surface area contributed by atoms with Crippen LogP contribution in [0.1, 0.15) is 15.9 Å². The summed E-state index contributed by atoms with van der Waals surface area (Å²) in [4.78, 5) is 16.1. The topological polar surface area (TPSA) is 39.2 Å². The van der Waals surface area contributed by atoms with Gasteiger partial charge < -0.3 is 4.74 Å². The number of carbonyl (C=O) groups is 1. The second kappa shape index (κ2) is 6.19. The number of nitrogens with zero attached hydrogens (tertiary/aromatic N) is 1. The highest BCUT2D eigenvalue weighted by Gasteiger charge is 2.15. The summed E-state index contributed by atoms with van der Waals surface area (Å²) >= 11 is 12.4. The normalized spacial score (nSPS) is 10.8. The molecule has 3 nitrogen and oxygen atoms in total. The van der Waals surface area contributed by atoms with E-state index in [0.29, 0.717) is 15.6 Å². The Bertz CT molecular complexity index is 922. The van der Waals surface area contributed by atoms with Crippen LogP contribution in [0.3, 0.4) is 0 Å². The molecule has 116 valence electrons. The quantitative estimate of drug-likeness (QED) is 0.591. The molecule has 0 radical (unpaired) electrons. The number of pyridine rings is 1. The highest BCUT2D eigenvalue weighted by Crippen LogP contribution is 2.37. The molecule has 1 aromatic heterocycles. The molecule has 0 saturated heterocycles. The third-order valence-corrected chi connectivity index (χ3v) is 4.22. The number of hydrogen-bond donors (Lipinski definition) is 0. The van der Waals surface area contributed by atoms with E-state index in [4.69, 9.17) is 27.9 Å². The minimum Gasteiger partial charge on any atom is -0.465 e. The number of methoxy groups -OCH3 is 1. The number of hydrogen-bond acceptors (Lipinski definition) is 3. The maximum atomic E-state index is 11.8. The summed E-state index contributed by atoms with van der Waals surface area (Å²) in [5, 5.41) is 1.98. The summed E-state index contributed by atoms with van der Waals surface area (Å²) in [5.74, 6) is -0.398. The number of rotatable bonds is 2. The van der Waals surface area contributed by atoms with Crippen molar-refractivity contribution < 1.29 is 9.53 Å². The van der Waals surface area contributed by atoms with Crippen molar-refractivity contribution >= 4 is 40.1 Å². The van der Waals surface area contributed by atoms with E-state index in [1.807, 2.05) is 25.1 Å². The lowest BCUT2D eigenvalue weighted by atomic mass is 9.96. The largest absolute Gasteiger partial charge is 0.465 e. The van der Waals surface area contributed by atoms with E-state index in [9.17, 15) is 4.79 Å². The zero-order valence-corrected chi connectivity index (χ0v) is 14.1. The Morgan fingerprint density at radius 1 is 1.13 bits per heavy atom. The Morgan fingerprint density at radius 2 is 1.91 bits per heavy atom. The monoisotopic (exact) mass is 345 g/mol. The van der Waals surface area contributed by atoms with Gasteiger partial charge in [0.25, 0.3) is 0 Å². The SMILES string of the molecule is COC(=O)c1ccc2ncc(Cl)c(-c3ccc(Cl)cc3C)c2c1. The summed E-state index contributed by atoms with van der Waals surface area (Å²) in [6, 6.07) is 10.8. The Hall–Kier alpha value is -2.10. The fraction of sp³-hybridized carbons (Fsp3) is 0.111. The van der Waals surface area contributed by atoms with Crippen LogP contribution in [0.25, 0.3) is 22.0 Å². The van der Waals surface area contributed by atoms with Gasteiger partial charge in [0.05, 0.1) is 23.2 Å². The van der Waals surface area contributed by atoms with E-state index in [1.54, 1.807) is 24.4 Å². The van der Waals surface area contributed by atoms with Gasteiger partial charge in [-0.2, -0.15) is 0 Å². The highest BCUT2D eigenvalue weighted by molar-refractivity contribution is 6.35. The molecular weight excluding hydrogens is 333 g/mol. The first-order chi connectivity index (χ1) is 11.0. The number of ether oxygens (including phenoxy) is 1. The predicted molar refractivity (Wildman–Crippen MR) is 93.3 cm³/mol. The Balaban J connectivity index is 2.33. The van der Waals surface area contributed by atoms with Crippen LogP contribution >= 0.6 is 23.2 Å². The van der Waals surface area contributed by atoms with Crippen molar-refractivity contribution in [2.45, 2.75) is 6.92 Å². The van der Waals surface area contributed by atoms with E-state index in [1.165, 1.54) is 7.11 Å². The molecular formula is C18H13Cl2NO2. The highest BCUT2D eigenvalue weighted by atomic mass is 35.5. The van der Waals surface area contributed by atoms with E-state index >= 15 is 0 Å². The fourth-order valence-corrected chi connectivity index (χ4v) is 3.07. The second-order valence-electron chi connectivity index (χ2n) is 5.16. The molecule has 0 N–H and O–H groups in total. The number of carbonyl (C=O) groups excluding carboxylic acids is 1. The number of benzene rings is 2. The van der Waals surface area contributed by atoms with E-state index in [2.05, 4.69) is 4.98 Å². The first-order valence-electron chi connectivity index (χ1n) is 6.94. The van der Waals surface area contributed by atoms with E-state index in [0.717, 1.165) is 27.6 Å². The average molecular weight is 346 g/mol. The van der Waals surface area contributed by atoms with Crippen LogP contribution < -0.4 is 0 Å². The van der Waals surface area contributed by atoms with Crippen molar-refractivity contribution in [3.8, 4) is 11.1 Å². The van der Waals surface area contributed by atoms with Gasteiger partial charge in [-0.3, -0.25) is 4.98 Å². The van der Waals surface area contributed by atoms with Crippen molar-refractivity contribution in [2.75, 3.05) is 7.11 Å². The lowest BCUT2D eigenvalue weighted by molar-refractivity contribution is 0.0601. The maximum Gasteiger partial charge on any atom is 0.337 e. The number of fused-ring (bicyclic) bond motifs is 1. The minimum atomic E-state index is -0.398. The molecule has 0 unspecified atom stereocenters. The van der Waals surface area contributed by atoms with Crippen LogP contribution in [-0.4, -0.2) is 18.1 Å². The molecule has 0 fully saturated rings. The second-order valence-corrected chi connectivity index (χ2v) is 6.01. The standard InChI is InChI=1S/C18H13Cl2NO2/c1-10-7-12(19)4-5-13(10)17-14-8-11(18(22)23-2)3-6-16(14)21-9-15(17)20/h3-9H,1-2H3. The minimum absolute atomic E-state index is 0.398. The average Bonchev–Trinajstić information content (AvgIpc) is 2.54. The van der Waals surface area contributed by atoms with Gasteiger partial charge in [0.15, 0.2) is 0 Å². The third kappa shape index (κ3) is 2.90. The van der Waals surface area contributed by atoms with Crippen LogP contribution in [0, 0.1) is 6.92 Å². The lowest BCUT2D eigenvalue weighted by Crippen LogP contribution is -2.01. The maximum absolute atomic E-state index is 11.8. The number of aromatic nitrogens is 1. The molecule has 2 aromatic carbocycles. The summed E-state index contributed by atoms with van der Waals surface area (Å²) in [6.07, 6.45) is 1.62. The predicted octanol–water partition coefficient (Wildman–Crippen LogP) is 5.30. The van der Waals surface area contributed by atoms with Crippen molar-refractivity contribution in [2.24, 2.45) is 0 Å². The summed E-state index contributed by atoms with van der Waals surface area (Å²) in [7, 11) is 1.35. The van der Waals surface area contributed by atoms with Crippen molar-refractivity contribution in [1.82, 2.24) is 4.98 Å². The fourth-order valence-electron chi connectivity index (χ4n) is 2.59. The lowest BCUT2D eigenvalue weighted by Gasteiger charge is -2.12. The van der Waals surface area contributed by atoms with E-state index < -0.39 is 5.97 Å². The van der Waals surface area contributed by atoms with Gasteiger partial charge in [-0.05, 0) is 48.4 Å². The van der Waals surface area contributed by atoms with Crippen LogP contribution in [0.15, 0.2) is 42.6 Å².